The third-order valence-corrected chi connectivity index (χ3v) is 8.21. The predicted octanol–water partition coefficient (Wildman–Crippen LogP) is 3.31. The van der Waals surface area contributed by atoms with Crippen LogP contribution in [0.5, 0.6) is 0 Å². The van der Waals surface area contributed by atoms with Gasteiger partial charge in [-0.1, -0.05) is 13.3 Å². The average molecular weight is 408 g/mol. The van der Waals surface area contributed by atoms with Crippen LogP contribution in [-0.4, -0.2) is 55.2 Å². The molecule has 156 valence electrons. The van der Waals surface area contributed by atoms with Crippen LogP contribution in [0.1, 0.15) is 52.9 Å². The van der Waals surface area contributed by atoms with Crippen LogP contribution < -0.4 is 5.32 Å². The highest BCUT2D eigenvalue weighted by atomic mass is 32.2. The summed E-state index contributed by atoms with van der Waals surface area (Å²) < 4.78 is 27.8. The second kappa shape index (κ2) is 8.93. The van der Waals surface area contributed by atoms with Crippen molar-refractivity contribution >= 4 is 21.6 Å². The van der Waals surface area contributed by atoms with E-state index in [4.69, 9.17) is 0 Å². The summed E-state index contributed by atoms with van der Waals surface area (Å²) in [5.41, 5.74) is 0.633. The van der Waals surface area contributed by atoms with Gasteiger partial charge in [-0.15, -0.1) is 0 Å². The minimum Gasteiger partial charge on any atom is -0.325 e. The van der Waals surface area contributed by atoms with E-state index in [1.54, 1.807) is 28.6 Å². The number of nitrogens with zero attached hydrogens (tertiary/aromatic N) is 2. The zero-order valence-corrected chi connectivity index (χ0v) is 18.0. The van der Waals surface area contributed by atoms with Crippen LogP contribution in [0, 0.1) is 5.92 Å². The first-order valence-electron chi connectivity index (χ1n) is 10.4. The molecule has 2 aliphatic rings. The molecule has 0 aliphatic carbocycles. The summed E-state index contributed by atoms with van der Waals surface area (Å²) in [6.07, 6.45) is 5.12. The normalized spacial score (nSPS) is 25.5. The Hall–Kier alpha value is -1.44. The highest BCUT2D eigenvalue weighted by Gasteiger charge is 2.35. The van der Waals surface area contributed by atoms with Crippen molar-refractivity contribution in [2.45, 2.75) is 69.9 Å². The Morgan fingerprint density at radius 3 is 2.14 bits per heavy atom. The van der Waals surface area contributed by atoms with Crippen molar-refractivity contribution in [1.29, 1.82) is 0 Å². The topological polar surface area (TPSA) is 69.7 Å². The summed E-state index contributed by atoms with van der Waals surface area (Å²) in [6.45, 7) is 8.50. The number of amides is 1. The van der Waals surface area contributed by atoms with Gasteiger partial charge < -0.3 is 5.32 Å². The van der Waals surface area contributed by atoms with Gasteiger partial charge >= 0.3 is 0 Å². The molecule has 3 rings (SSSR count). The maximum atomic E-state index is 13.1. The number of benzene rings is 1. The highest BCUT2D eigenvalue weighted by Crippen LogP contribution is 2.30. The number of piperidine rings is 2. The molecule has 0 bridgehead atoms. The van der Waals surface area contributed by atoms with Gasteiger partial charge in [0.1, 0.15) is 0 Å². The van der Waals surface area contributed by atoms with Crippen molar-refractivity contribution in [3.63, 3.8) is 0 Å². The molecule has 2 saturated heterocycles. The van der Waals surface area contributed by atoms with Gasteiger partial charge in [-0.2, -0.15) is 4.31 Å². The van der Waals surface area contributed by atoms with Crippen molar-refractivity contribution in [3.8, 4) is 0 Å². The summed E-state index contributed by atoms with van der Waals surface area (Å²) in [6, 6.07) is 6.59. The van der Waals surface area contributed by atoms with Crippen LogP contribution in [0.25, 0.3) is 0 Å². The number of nitrogens with one attached hydrogen (secondary N) is 1. The van der Waals surface area contributed by atoms with Gasteiger partial charge in [0.15, 0.2) is 0 Å². The molecule has 28 heavy (non-hydrogen) atoms. The first-order valence-corrected chi connectivity index (χ1v) is 11.9. The van der Waals surface area contributed by atoms with Crippen molar-refractivity contribution in [2.75, 3.05) is 25.0 Å². The SMILES string of the molecule is CC1CCN(CC(=O)Nc2ccc(S(=O)(=O)N3[C@H](C)CCC[C@H]3C)cc2)CC1. The van der Waals surface area contributed by atoms with E-state index in [1.807, 2.05) is 13.8 Å². The molecule has 2 atom stereocenters. The molecule has 1 amide bonds. The van der Waals surface area contributed by atoms with Crippen LogP contribution in [-0.2, 0) is 14.8 Å². The smallest absolute Gasteiger partial charge is 0.243 e. The van der Waals surface area contributed by atoms with Crippen LogP contribution in [0.4, 0.5) is 5.69 Å². The van der Waals surface area contributed by atoms with E-state index >= 15 is 0 Å². The minimum absolute atomic E-state index is 0.0143. The fourth-order valence-electron chi connectivity index (χ4n) is 4.33. The number of sulfonamides is 1. The molecule has 0 spiro atoms. The lowest BCUT2D eigenvalue weighted by Crippen LogP contribution is -2.47. The highest BCUT2D eigenvalue weighted by molar-refractivity contribution is 7.89. The molecule has 1 N–H and O–H groups in total. The molecule has 2 fully saturated rings. The van der Waals surface area contributed by atoms with Gasteiger partial charge in [-0.3, -0.25) is 9.69 Å². The van der Waals surface area contributed by atoms with Crippen molar-refractivity contribution in [1.82, 2.24) is 9.21 Å². The van der Waals surface area contributed by atoms with Crippen LogP contribution >= 0.6 is 0 Å². The van der Waals surface area contributed by atoms with Crippen molar-refractivity contribution in [3.05, 3.63) is 24.3 Å². The van der Waals surface area contributed by atoms with E-state index in [9.17, 15) is 13.2 Å². The monoisotopic (exact) mass is 407 g/mol. The van der Waals surface area contributed by atoms with E-state index in [0.717, 1.165) is 51.1 Å². The quantitative estimate of drug-likeness (QED) is 0.813. The number of likely N-dealkylation sites (tertiary alicyclic amines) is 1. The Balaban J connectivity index is 1.62. The Bertz CT molecular complexity index is 761. The molecule has 0 aromatic heterocycles. The van der Waals surface area contributed by atoms with Crippen LogP contribution in [0.15, 0.2) is 29.2 Å². The van der Waals surface area contributed by atoms with Gasteiger partial charge in [0, 0.05) is 17.8 Å². The number of hydrogen-bond acceptors (Lipinski definition) is 4. The summed E-state index contributed by atoms with van der Waals surface area (Å²) in [7, 11) is -3.52. The Labute approximate surface area is 169 Å². The molecule has 1 aromatic rings. The largest absolute Gasteiger partial charge is 0.325 e. The van der Waals surface area contributed by atoms with Gasteiger partial charge in [-0.05, 0) is 82.8 Å². The van der Waals surface area contributed by atoms with Gasteiger partial charge in [-0.25, -0.2) is 8.42 Å². The van der Waals surface area contributed by atoms with E-state index < -0.39 is 10.0 Å². The van der Waals surface area contributed by atoms with E-state index in [1.165, 1.54) is 0 Å². The summed E-state index contributed by atoms with van der Waals surface area (Å²) in [5.74, 6) is 0.683. The van der Waals surface area contributed by atoms with E-state index in [0.29, 0.717) is 12.2 Å². The number of anilines is 1. The number of rotatable bonds is 5. The molecule has 0 radical (unpaired) electrons. The third-order valence-electron chi connectivity index (χ3n) is 6.07. The molecular weight excluding hydrogens is 374 g/mol. The average Bonchev–Trinajstić information content (AvgIpc) is 2.64. The zero-order chi connectivity index (χ0) is 20.3. The van der Waals surface area contributed by atoms with E-state index in [2.05, 4.69) is 17.1 Å². The fourth-order valence-corrected chi connectivity index (χ4v) is 6.21. The molecule has 1 aromatic carbocycles. The van der Waals surface area contributed by atoms with Crippen molar-refractivity contribution < 1.29 is 13.2 Å². The summed E-state index contributed by atoms with van der Waals surface area (Å²) in [5, 5.41) is 2.89. The third kappa shape index (κ3) is 4.93. The molecule has 6 nitrogen and oxygen atoms in total. The lowest BCUT2D eigenvalue weighted by Gasteiger charge is -2.37. The molecule has 2 aliphatic heterocycles. The Morgan fingerprint density at radius 2 is 1.57 bits per heavy atom. The molecule has 7 heteroatoms. The summed E-state index contributed by atoms with van der Waals surface area (Å²) in [4.78, 5) is 14.8. The maximum Gasteiger partial charge on any atom is 0.243 e. The molecular formula is C21H33N3O3S. The van der Waals surface area contributed by atoms with E-state index in [-0.39, 0.29) is 22.9 Å². The number of carbonyl (C=O) groups excluding carboxylic acids is 1. The number of hydrogen-bond donors (Lipinski definition) is 1. The first-order chi connectivity index (χ1) is 13.3. The second-order valence-corrected chi connectivity index (χ2v) is 10.3. The Morgan fingerprint density at radius 1 is 1.00 bits per heavy atom. The fraction of sp³-hybridized carbons (Fsp3) is 0.667. The van der Waals surface area contributed by atoms with Gasteiger partial charge in [0.2, 0.25) is 15.9 Å². The standard InChI is InChI=1S/C21H33N3O3S/c1-16-11-13-23(14-12-16)15-21(25)22-19-7-9-20(10-8-19)28(26,27)24-17(2)5-4-6-18(24)3/h7-10,16-18H,4-6,11-15H2,1-3H3,(H,22,25)/t17-,18-/m1/s1. The Kier molecular flexibility index (Phi) is 6.78. The lowest BCUT2D eigenvalue weighted by molar-refractivity contribution is -0.117. The molecule has 2 heterocycles. The minimum atomic E-state index is -3.52. The predicted molar refractivity (Wildman–Crippen MR) is 112 cm³/mol. The lowest BCUT2D eigenvalue weighted by atomic mass is 9.99. The van der Waals surface area contributed by atoms with Crippen LogP contribution in [0.3, 0.4) is 0 Å². The van der Waals surface area contributed by atoms with Crippen LogP contribution in [0.2, 0.25) is 0 Å². The molecule has 0 unspecified atom stereocenters. The molecule has 0 saturated carbocycles. The van der Waals surface area contributed by atoms with Gasteiger partial charge in [0.05, 0.1) is 11.4 Å². The number of carbonyl (C=O) groups is 1. The summed E-state index contributed by atoms with van der Waals surface area (Å²) >= 11 is 0. The first kappa shape index (κ1) is 21.3. The zero-order valence-electron chi connectivity index (χ0n) is 17.2. The van der Waals surface area contributed by atoms with Gasteiger partial charge in [0.25, 0.3) is 0 Å². The van der Waals surface area contributed by atoms with Crippen molar-refractivity contribution in [2.24, 2.45) is 5.92 Å². The second-order valence-electron chi connectivity index (χ2n) is 8.50. The maximum absolute atomic E-state index is 13.1.